The molecule has 5 nitrogen and oxygen atoms in total. The molecular formula is C18H18Cl2N2O3S. The van der Waals surface area contributed by atoms with E-state index in [2.05, 4.69) is 10.0 Å². The monoisotopic (exact) mass is 412 g/mol. The number of para-hydroxylation sites is 1. The number of amides is 1. The first-order valence-corrected chi connectivity index (χ1v) is 10.3. The minimum absolute atomic E-state index is 0.359. The van der Waals surface area contributed by atoms with E-state index < -0.39 is 16.1 Å². The number of carbonyl (C=O) groups excluding carboxylic acids is 1. The van der Waals surface area contributed by atoms with Gasteiger partial charge in [-0.1, -0.05) is 47.5 Å². The Morgan fingerprint density at radius 2 is 1.69 bits per heavy atom. The van der Waals surface area contributed by atoms with Crippen molar-refractivity contribution >= 4 is 50.9 Å². The van der Waals surface area contributed by atoms with Crippen molar-refractivity contribution < 1.29 is 13.2 Å². The van der Waals surface area contributed by atoms with Gasteiger partial charge in [0, 0.05) is 21.7 Å². The van der Waals surface area contributed by atoms with Crippen LogP contribution < -0.4 is 10.0 Å². The molecular weight excluding hydrogens is 395 g/mol. The zero-order valence-electron chi connectivity index (χ0n) is 14.2. The first-order valence-electron chi connectivity index (χ1n) is 7.66. The summed E-state index contributed by atoms with van der Waals surface area (Å²) in [5.41, 5.74) is 1.62. The summed E-state index contributed by atoms with van der Waals surface area (Å²) in [7, 11) is -3.42. The standard InChI is InChI=1S/C18H18Cl2N2O3S/c1-12(13-6-3-4-9-17(13)22-26(2,24)25)21-18(23)11-10-14-15(19)7-5-8-16(14)20/h3-12,22H,1-2H3,(H,21,23)/b11-10+. The van der Waals surface area contributed by atoms with E-state index in [9.17, 15) is 13.2 Å². The summed E-state index contributed by atoms with van der Waals surface area (Å²) < 4.78 is 25.4. The third-order valence-corrected chi connectivity index (χ3v) is 4.73. The van der Waals surface area contributed by atoms with Crippen LogP contribution in [0, 0.1) is 0 Å². The molecule has 0 aliphatic heterocycles. The van der Waals surface area contributed by atoms with E-state index >= 15 is 0 Å². The van der Waals surface area contributed by atoms with Gasteiger partial charge in [0.25, 0.3) is 0 Å². The van der Waals surface area contributed by atoms with E-state index in [1.165, 1.54) is 12.2 Å². The fourth-order valence-corrected chi connectivity index (χ4v) is 3.44. The predicted molar refractivity (Wildman–Crippen MR) is 107 cm³/mol. The Morgan fingerprint density at radius 3 is 2.31 bits per heavy atom. The Kier molecular flexibility index (Phi) is 6.69. The summed E-state index contributed by atoms with van der Waals surface area (Å²) in [6, 6.07) is 11.5. The van der Waals surface area contributed by atoms with Crippen LogP contribution in [0.1, 0.15) is 24.1 Å². The lowest BCUT2D eigenvalue weighted by Gasteiger charge is -2.17. The van der Waals surface area contributed by atoms with Gasteiger partial charge in [-0.25, -0.2) is 8.42 Å². The van der Waals surface area contributed by atoms with Gasteiger partial charge < -0.3 is 5.32 Å². The third-order valence-electron chi connectivity index (χ3n) is 3.48. The van der Waals surface area contributed by atoms with E-state index in [0.29, 0.717) is 26.9 Å². The van der Waals surface area contributed by atoms with Gasteiger partial charge in [-0.2, -0.15) is 0 Å². The van der Waals surface area contributed by atoms with Gasteiger partial charge in [0.2, 0.25) is 15.9 Å². The maximum Gasteiger partial charge on any atom is 0.244 e. The first kappa shape index (κ1) is 20.3. The van der Waals surface area contributed by atoms with Crippen LogP contribution in [0.2, 0.25) is 10.0 Å². The molecule has 2 aromatic rings. The number of sulfonamides is 1. The molecule has 0 spiro atoms. The smallest absolute Gasteiger partial charge is 0.244 e. The molecule has 138 valence electrons. The van der Waals surface area contributed by atoms with E-state index in [0.717, 1.165) is 6.26 Å². The summed E-state index contributed by atoms with van der Waals surface area (Å²) in [5, 5.41) is 3.67. The first-order chi connectivity index (χ1) is 12.2. The van der Waals surface area contributed by atoms with Gasteiger partial charge in [-0.05, 0) is 36.8 Å². The molecule has 1 amide bonds. The molecule has 0 aliphatic carbocycles. The molecule has 8 heteroatoms. The number of nitrogens with one attached hydrogen (secondary N) is 2. The molecule has 2 aromatic carbocycles. The molecule has 0 heterocycles. The lowest BCUT2D eigenvalue weighted by atomic mass is 10.1. The Hall–Kier alpha value is -2.02. The lowest BCUT2D eigenvalue weighted by Crippen LogP contribution is -2.25. The highest BCUT2D eigenvalue weighted by atomic mass is 35.5. The van der Waals surface area contributed by atoms with Crippen LogP contribution in [0.3, 0.4) is 0 Å². The van der Waals surface area contributed by atoms with Crippen LogP contribution in [0.15, 0.2) is 48.5 Å². The summed E-state index contributed by atoms with van der Waals surface area (Å²) in [6.07, 6.45) is 3.94. The summed E-state index contributed by atoms with van der Waals surface area (Å²) in [4.78, 5) is 12.2. The molecule has 0 fully saturated rings. The Labute approximate surface area is 163 Å². The van der Waals surface area contributed by atoms with Crippen LogP contribution >= 0.6 is 23.2 Å². The second kappa shape index (κ2) is 8.58. The van der Waals surface area contributed by atoms with Gasteiger partial charge in [-0.15, -0.1) is 0 Å². The SMILES string of the molecule is CC(NC(=O)/C=C/c1c(Cl)cccc1Cl)c1ccccc1NS(C)(=O)=O. The maximum atomic E-state index is 12.2. The molecule has 2 N–H and O–H groups in total. The van der Waals surface area contributed by atoms with Crippen molar-refractivity contribution in [1.29, 1.82) is 0 Å². The van der Waals surface area contributed by atoms with E-state index in [-0.39, 0.29) is 5.91 Å². The molecule has 2 rings (SSSR count). The van der Waals surface area contributed by atoms with Crippen molar-refractivity contribution in [3.05, 3.63) is 69.7 Å². The van der Waals surface area contributed by atoms with Crippen molar-refractivity contribution in [2.45, 2.75) is 13.0 Å². The van der Waals surface area contributed by atoms with Crippen LogP contribution in [-0.4, -0.2) is 20.6 Å². The maximum absolute atomic E-state index is 12.2. The summed E-state index contributed by atoms with van der Waals surface area (Å²) >= 11 is 12.1. The molecule has 0 saturated carbocycles. The highest BCUT2D eigenvalue weighted by Gasteiger charge is 2.14. The molecule has 0 aliphatic rings. The van der Waals surface area contributed by atoms with Gasteiger partial charge in [0.15, 0.2) is 0 Å². The van der Waals surface area contributed by atoms with Gasteiger partial charge in [0.05, 0.1) is 18.0 Å². The second-order valence-electron chi connectivity index (χ2n) is 5.66. The number of halogens is 2. The average molecular weight is 413 g/mol. The topological polar surface area (TPSA) is 75.3 Å². The number of rotatable bonds is 6. The van der Waals surface area contributed by atoms with E-state index in [1.807, 2.05) is 0 Å². The Morgan fingerprint density at radius 1 is 1.08 bits per heavy atom. The fraction of sp³-hybridized carbons (Fsp3) is 0.167. The zero-order chi connectivity index (χ0) is 19.3. The molecule has 0 aromatic heterocycles. The van der Waals surface area contributed by atoms with Gasteiger partial charge >= 0.3 is 0 Å². The number of carbonyl (C=O) groups is 1. The van der Waals surface area contributed by atoms with Gasteiger partial charge in [-0.3, -0.25) is 9.52 Å². The molecule has 1 atom stereocenters. The van der Waals surface area contributed by atoms with Crippen molar-refractivity contribution in [3.63, 3.8) is 0 Å². The van der Waals surface area contributed by atoms with Crippen molar-refractivity contribution in [1.82, 2.24) is 5.32 Å². The quantitative estimate of drug-likeness (QED) is 0.695. The second-order valence-corrected chi connectivity index (χ2v) is 8.22. The highest BCUT2D eigenvalue weighted by molar-refractivity contribution is 7.92. The molecule has 0 radical (unpaired) electrons. The van der Waals surface area contributed by atoms with E-state index in [4.69, 9.17) is 23.2 Å². The van der Waals surface area contributed by atoms with Crippen molar-refractivity contribution in [3.8, 4) is 0 Å². The average Bonchev–Trinajstić information content (AvgIpc) is 2.53. The fourth-order valence-electron chi connectivity index (χ4n) is 2.34. The number of hydrogen-bond donors (Lipinski definition) is 2. The molecule has 0 saturated heterocycles. The van der Waals surface area contributed by atoms with Crippen molar-refractivity contribution in [2.24, 2.45) is 0 Å². The number of hydrogen-bond acceptors (Lipinski definition) is 3. The molecule has 0 bridgehead atoms. The third kappa shape index (κ3) is 5.76. The lowest BCUT2D eigenvalue weighted by molar-refractivity contribution is -0.117. The van der Waals surface area contributed by atoms with Crippen LogP contribution in [-0.2, 0) is 14.8 Å². The number of benzene rings is 2. The normalized spacial score (nSPS) is 12.8. The van der Waals surface area contributed by atoms with Crippen LogP contribution in [0.25, 0.3) is 6.08 Å². The van der Waals surface area contributed by atoms with Crippen molar-refractivity contribution in [2.75, 3.05) is 11.0 Å². The Bertz CT molecular complexity index is 923. The predicted octanol–water partition coefficient (Wildman–Crippen LogP) is 4.26. The minimum Gasteiger partial charge on any atom is -0.346 e. The van der Waals surface area contributed by atoms with Crippen LogP contribution in [0.5, 0.6) is 0 Å². The summed E-state index contributed by atoms with van der Waals surface area (Å²) in [5.74, 6) is -0.359. The Balaban J connectivity index is 2.14. The molecule has 1 unspecified atom stereocenters. The minimum atomic E-state index is -3.42. The van der Waals surface area contributed by atoms with E-state index in [1.54, 1.807) is 49.4 Å². The van der Waals surface area contributed by atoms with Crippen LogP contribution in [0.4, 0.5) is 5.69 Å². The molecule has 26 heavy (non-hydrogen) atoms. The summed E-state index contributed by atoms with van der Waals surface area (Å²) in [6.45, 7) is 1.76. The largest absolute Gasteiger partial charge is 0.346 e. The zero-order valence-corrected chi connectivity index (χ0v) is 16.5. The van der Waals surface area contributed by atoms with Gasteiger partial charge in [0.1, 0.15) is 0 Å². The number of anilines is 1. The highest BCUT2D eigenvalue weighted by Crippen LogP contribution is 2.26.